The number of sulfonamides is 1. The molecular weight excluding hydrogens is 310 g/mol. The minimum absolute atomic E-state index is 0.161. The zero-order chi connectivity index (χ0) is 15.0. The van der Waals surface area contributed by atoms with Gasteiger partial charge in [0.05, 0.1) is 5.69 Å². The Bertz CT molecular complexity index is 629. The summed E-state index contributed by atoms with van der Waals surface area (Å²) in [4.78, 5) is 2.56. The van der Waals surface area contributed by atoms with E-state index in [0.29, 0.717) is 24.2 Å². The highest BCUT2D eigenvalue weighted by Gasteiger charge is 2.36. The van der Waals surface area contributed by atoms with E-state index in [1.165, 1.54) is 25.0 Å². The molecular formula is C14H20ClN3O2S. The molecule has 5 nitrogen and oxygen atoms in total. The van der Waals surface area contributed by atoms with Crippen LogP contribution in [-0.2, 0) is 10.0 Å². The summed E-state index contributed by atoms with van der Waals surface area (Å²) in [5, 5.41) is 0.447. The summed E-state index contributed by atoms with van der Waals surface area (Å²) >= 11 is 5.84. The molecule has 0 radical (unpaired) electrons. The van der Waals surface area contributed by atoms with Crippen LogP contribution < -0.4 is 5.73 Å². The number of anilines is 1. The van der Waals surface area contributed by atoms with Crippen molar-refractivity contribution in [2.45, 2.75) is 30.2 Å². The second-order valence-corrected chi connectivity index (χ2v) is 8.07. The molecule has 1 aromatic rings. The number of nitrogens with zero attached hydrogens (tertiary/aromatic N) is 2. The number of benzene rings is 1. The van der Waals surface area contributed by atoms with Crippen molar-refractivity contribution < 1.29 is 8.42 Å². The molecule has 1 unspecified atom stereocenters. The molecule has 116 valence electrons. The van der Waals surface area contributed by atoms with Crippen molar-refractivity contribution in [3.63, 3.8) is 0 Å². The van der Waals surface area contributed by atoms with Crippen molar-refractivity contribution >= 4 is 27.3 Å². The molecule has 2 saturated heterocycles. The summed E-state index contributed by atoms with van der Waals surface area (Å²) in [7, 11) is -3.53. The first-order chi connectivity index (χ1) is 9.98. The van der Waals surface area contributed by atoms with Gasteiger partial charge < -0.3 is 5.73 Å². The Labute approximate surface area is 130 Å². The molecule has 0 aliphatic carbocycles. The van der Waals surface area contributed by atoms with E-state index in [0.717, 1.165) is 19.5 Å². The third-order valence-corrected chi connectivity index (χ3v) is 6.55. The third kappa shape index (κ3) is 2.90. The van der Waals surface area contributed by atoms with Crippen LogP contribution in [0.4, 0.5) is 5.69 Å². The number of hydrogen-bond donors (Lipinski definition) is 1. The maximum absolute atomic E-state index is 12.7. The maximum Gasteiger partial charge on any atom is 0.245 e. The van der Waals surface area contributed by atoms with Crippen LogP contribution in [-0.4, -0.2) is 49.8 Å². The van der Waals surface area contributed by atoms with Gasteiger partial charge in [-0.1, -0.05) is 11.6 Å². The molecule has 3 rings (SSSR count). The average molecular weight is 330 g/mol. The highest BCUT2D eigenvalue weighted by atomic mass is 35.5. The van der Waals surface area contributed by atoms with Gasteiger partial charge in [-0.3, -0.25) is 4.90 Å². The van der Waals surface area contributed by atoms with Gasteiger partial charge in [-0.25, -0.2) is 8.42 Å². The first kappa shape index (κ1) is 15.1. The van der Waals surface area contributed by atoms with E-state index in [4.69, 9.17) is 17.3 Å². The molecule has 2 heterocycles. The summed E-state index contributed by atoms with van der Waals surface area (Å²) in [6.45, 7) is 3.29. The van der Waals surface area contributed by atoms with Crippen LogP contribution >= 0.6 is 11.6 Å². The molecule has 2 N–H and O–H groups in total. The van der Waals surface area contributed by atoms with Gasteiger partial charge in [0.15, 0.2) is 0 Å². The number of halogens is 1. The Hall–Kier alpha value is -0.820. The fraction of sp³-hybridized carbons (Fsp3) is 0.571. The summed E-state index contributed by atoms with van der Waals surface area (Å²) in [6, 6.07) is 4.90. The molecule has 0 spiro atoms. The lowest BCUT2D eigenvalue weighted by molar-refractivity contribution is 0.251. The molecule has 0 bridgehead atoms. The minimum Gasteiger partial charge on any atom is -0.398 e. The van der Waals surface area contributed by atoms with Gasteiger partial charge in [-0.15, -0.1) is 0 Å². The Morgan fingerprint density at radius 1 is 1.19 bits per heavy atom. The van der Waals surface area contributed by atoms with Crippen LogP contribution in [0.5, 0.6) is 0 Å². The lowest BCUT2D eigenvalue weighted by Gasteiger charge is -2.23. The molecule has 0 aromatic heterocycles. The summed E-state index contributed by atoms with van der Waals surface area (Å²) in [5.74, 6) is 0. The quantitative estimate of drug-likeness (QED) is 0.858. The molecule has 1 atom stereocenters. The number of likely N-dealkylation sites (tertiary alicyclic amines) is 1. The fourth-order valence-corrected chi connectivity index (χ4v) is 5.00. The zero-order valence-electron chi connectivity index (χ0n) is 11.8. The predicted molar refractivity (Wildman–Crippen MR) is 83.8 cm³/mol. The molecule has 2 aliphatic rings. The van der Waals surface area contributed by atoms with E-state index in [1.807, 2.05) is 0 Å². The average Bonchev–Trinajstić information content (AvgIpc) is 3.09. The Morgan fingerprint density at radius 3 is 2.57 bits per heavy atom. The van der Waals surface area contributed by atoms with Gasteiger partial charge in [-0.05, 0) is 50.6 Å². The summed E-state index contributed by atoms with van der Waals surface area (Å²) < 4.78 is 27.0. The molecule has 21 heavy (non-hydrogen) atoms. The van der Waals surface area contributed by atoms with Crippen molar-refractivity contribution in [1.29, 1.82) is 0 Å². The van der Waals surface area contributed by atoms with Crippen molar-refractivity contribution in [2.75, 3.05) is 31.9 Å². The minimum atomic E-state index is -3.53. The van der Waals surface area contributed by atoms with Gasteiger partial charge >= 0.3 is 0 Å². The maximum atomic E-state index is 12.7. The SMILES string of the molecule is Nc1cc(Cl)ccc1S(=O)(=O)N1CCC(N2CCCC2)C1. The first-order valence-electron chi connectivity index (χ1n) is 7.28. The van der Waals surface area contributed by atoms with Gasteiger partial charge in [0, 0.05) is 24.2 Å². The second-order valence-electron chi connectivity index (χ2n) is 5.73. The molecule has 0 saturated carbocycles. The molecule has 1 aromatic carbocycles. The van der Waals surface area contributed by atoms with E-state index < -0.39 is 10.0 Å². The van der Waals surface area contributed by atoms with Gasteiger partial charge in [0.2, 0.25) is 10.0 Å². The van der Waals surface area contributed by atoms with Gasteiger partial charge in [0.25, 0.3) is 0 Å². The van der Waals surface area contributed by atoms with Crippen molar-refractivity contribution in [2.24, 2.45) is 0 Å². The topological polar surface area (TPSA) is 66.6 Å². The first-order valence-corrected chi connectivity index (χ1v) is 9.09. The molecule has 7 heteroatoms. The number of rotatable bonds is 3. The van der Waals surface area contributed by atoms with Crippen LogP contribution in [0.3, 0.4) is 0 Å². The summed E-state index contributed by atoms with van der Waals surface area (Å²) in [6.07, 6.45) is 3.33. The number of nitrogen functional groups attached to an aromatic ring is 1. The fourth-order valence-electron chi connectivity index (χ4n) is 3.23. The van der Waals surface area contributed by atoms with Crippen LogP contribution in [0.15, 0.2) is 23.1 Å². The molecule has 2 fully saturated rings. The van der Waals surface area contributed by atoms with E-state index in [9.17, 15) is 8.42 Å². The number of hydrogen-bond acceptors (Lipinski definition) is 4. The van der Waals surface area contributed by atoms with Crippen molar-refractivity contribution in [3.8, 4) is 0 Å². The summed E-state index contributed by atoms with van der Waals surface area (Å²) in [5.41, 5.74) is 6.05. The predicted octanol–water partition coefficient (Wildman–Crippen LogP) is 1.78. The van der Waals surface area contributed by atoms with Crippen molar-refractivity contribution in [3.05, 3.63) is 23.2 Å². The zero-order valence-corrected chi connectivity index (χ0v) is 13.4. The Kier molecular flexibility index (Phi) is 4.14. The van der Waals surface area contributed by atoms with E-state index >= 15 is 0 Å². The monoisotopic (exact) mass is 329 g/mol. The van der Waals surface area contributed by atoms with E-state index in [2.05, 4.69) is 4.90 Å². The lowest BCUT2D eigenvalue weighted by Crippen LogP contribution is -2.37. The van der Waals surface area contributed by atoms with Gasteiger partial charge in [0.1, 0.15) is 4.90 Å². The van der Waals surface area contributed by atoms with Crippen molar-refractivity contribution in [1.82, 2.24) is 9.21 Å². The second kappa shape index (κ2) is 5.76. The van der Waals surface area contributed by atoms with E-state index in [-0.39, 0.29) is 10.6 Å². The normalized spacial score (nSPS) is 24.7. The third-order valence-electron chi connectivity index (χ3n) is 4.37. The molecule has 2 aliphatic heterocycles. The lowest BCUT2D eigenvalue weighted by atomic mass is 10.2. The smallest absolute Gasteiger partial charge is 0.245 e. The standard InChI is InChI=1S/C14H20ClN3O2S/c15-11-3-4-14(13(16)9-11)21(19,20)18-8-5-12(10-18)17-6-1-2-7-17/h3-4,9,12H,1-2,5-8,10,16H2. The van der Waals surface area contributed by atoms with Gasteiger partial charge in [-0.2, -0.15) is 4.31 Å². The Morgan fingerprint density at radius 2 is 1.90 bits per heavy atom. The highest BCUT2D eigenvalue weighted by Crippen LogP contribution is 2.29. The van der Waals surface area contributed by atoms with Crippen LogP contribution in [0.25, 0.3) is 0 Å². The van der Waals surface area contributed by atoms with Crippen LogP contribution in [0.1, 0.15) is 19.3 Å². The van der Waals surface area contributed by atoms with E-state index in [1.54, 1.807) is 10.4 Å². The highest BCUT2D eigenvalue weighted by molar-refractivity contribution is 7.89. The molecule has 0 amide bonds. The number of nitrogens with two attached hydrogens (primary N) is 1. The Balaban J connectivity index is 1.79. The largest absolute Gasteiger partial charge is 0.398 e. The van der Waals surface area contributed by atoms with Crippen LogP contribution in [0, 0.1) is 0 Å². The van der Waals surface area contributed by atoms with Crippen LogP contribution in [0.2, 0.25) is 5.02 Å².